The van der Waals surface area contributed by atoms with E-state index in [4.69, 9.17) is 5.73 Å². The Labute approximate surface area is 137 Å². The van der Waals surface area contributed by atoms with Gasteiger partial charge in [-0.05, 0) is 43.5 Å². The molecule has 0 radical (unpaired) electrons. The van der Waals surface area contributed by atoms with Crippen LogP contribution in [0.2, 0.25) is 0 Å². The molecule has 1 aromatic heterocycles. The van der Waals surface area contributed by atoms with Crippen LogP contribution in [0.5, 0.6) is 0 Å². The van der Waals surface area contributed by atoms with Gasteiger partial charge in [-0.15, -0.1) is 0 Å². The first-order chi connectivity index (χ1) is 11.4. The number of benzene rings is 1. The van der Waals surface area contributed by atoms with Crippen molar-refractivity contribution in [2.45, 2.75) is 25.4 Å². The van der Waals surface area contributed by atoms with E-state index in [9.17, 15) is 13.2 Å². The smallest absolute Gasteiger partial charge is 0.393 e. The number of aromatic nitrogens is 2. The van der Waals surface area contributed by atoms with Crippen LogP contribution in [0, 0.1) is 0 Å². The Morgan fingerprint density at radius 3 is 2.29 bits per heavy atom. The number of nitrogen functional groups attached to an aromatic ring is 1. The first kappa shape index (κ1) is 16.4. The van der Waals surface area contributed by atoms with Crippen LogP contribution in [-0.4, -0.2) is 23.1 Å². The maximum absolute atomic E-state index is 12.6. The van der Waals surface area contributed by atoms with Crippen LogP contribution >= 0.6 is 0 Å². The summed E-state index contributed by atoms with van der Waals surface area (Å²) in [5.41, 5.74) is 6.34. The monoisotopic (exact) mass is 337 g/mol. The van der Waals surface area contributed by atoms with Crippen molar-refractivity contribution >= 4 is 23.0 Å². The lowest BCUT2D eigenvalue weighted by Crippen LogP contribution is -2.31. The fourth-order valence-electron chi connectivity index (χ4n) is 2.72. The highest BCUT2D eigenvalue weighted by molar-refractivity contribution is 5.78. The number of alkyl halides is 3. The summed E-state index contributed by atoms with van der Waals surface area (Å²) in [5, 5.41) is 2.96. The number of halogens is 3. The molecular formula is C16H18F3N5. The Kier molecular flexibility index (Phi) is 4.46. The fourth-order valence-corrected chi connectivity index (χ4v) is 2.72. The molecule has 3 rings (SSSR count). The van der Waals surface area contributed by atoms with Gasteiger partial charge in [-0.25, -0.2) is 9.97 Å². The lowest BCUT2D eigenvalue weighted by atomic mass is 10.1. The van der Waals surface area contributed by atoms with Crippen LogP contribution < -0.4 is 16.0 Å². The highest BCUT2D eigenvalue weighted by Gasteiger charge is 2.30. The number of rotatable bonds is 3. The zero-order valence-electron chi connectivity index (χ0n) is 13.0. The van der Waals surface area contributed by atoms with E-state index < -0.39 is 11.7 Å². The second-order valence-corrected chi connectivity index (χ2v) is 5.71. The zero-order chi connectivity index (χ0) is 17.2. The van der Waals surface area contributed by atoms with Gasteiger partial charge >= 0.3 is 6.18 Å². The van der Waals surface area contributed by atoms with Crippen LogP contribution in [0.4, 0.5) is 36.2 Å². The highest BCUT2D eigenvalue weighted by Crippen LogP contribution is 2.32. The first-order valence-electron chi connectivity index (χ1n) is 7.75. The SMILES string of the molecule is Nc1c(Nc2ccc(C(F)(F)F)cc2)ncnc1N1CCCCC1. The molecule has 128 valence electrons. The topological polar surface area (TPSA) is 67.1 Å². The van der Waals surface area contributed by atoms with E-state index in [1.165, 1.54) is 24.9 Å². The van der Waals surface area contributed by atoms with Gasteiger partial charge in [0.05, 0.1) is 5.56 Å². The van der Waals surface area contributed by atoms with Crippen molar-refractivity contribution < 1.29 is 13.2 Å². The van der Waals surface area contributed by atoms with E-state index in [2.05, 4.69) is 20.2 Å². The molecule has 24 heavy (non-hydrogen) atoms. The molecule has 0 spiro atoms. The summed E-state index contributed by atoms with van der Waals surface area (Å²) >= 11 is 0. The van der Waals surface area contributed by atoms with Gasteiger partial charge in [0.2, 0.25) is 0 Å². The number of nitrogens with zero attached hydrogens (tertiary/aromatic N) is 3. The number of piperidine rings is 1. The third-order valence-electron chi connectivity index (χ3n) is 3.99. The Hall–Kier alpha value is -2.51. The van der Waals surface area contributed by atoms with Gasteiger partial charge in [-0.2, -0.15) is 13.2 Å². The molecule has 1 saturated heterocycles. The van der Waals surface area contributed by atoms with E-state index in [1.807, 2.05) is 0 Å². The van der Waals surface area contributed by atoms with Gasteiger partial charge in [0.15, 0.2) is 11.6 Å². The Morgan fingerprint density at radius 2 is 1.67 bits per heavy atom. The molecule has 2 heterocycles. The van der Waals surface area contributed by atoms with Crippen LogP contribution in [0.15, 0.2) is 30.6 Å². The van der Waals surface area contributed by atoms with E-state index in [0.29, 0.717) is 23.0 Å². The van der Waals surface area contributed by atoms with Crippen molar-refractivity contribution in [2.24, 2.45) is 0 Å². The molecule has 0 saturated carbocycles. The minimum atomic E-state index is -4.35. The number of hydrogen-bond donors (Lipinski definition) is 2. The van der Waals surface area contributed by atoms with E-state index in [1.54, 1.807) is 0 Å². The first-order valence-corrected chi connectivity index (χ1v) is 7.75. The standard InChI is InChI=1S/C16H18F3N5/c17-16(18,19)11-4-6-12(7-5-11)23-14-13(20)15(22-10-21-14)24-8-2-1-3-9-24/h4-7,10H,1-3,8-9,20H2,(H,21,22,23). The van der Waals surface area contributed by atoms with Crippen molar-refractivity contribution in [1.82, 2.24) is 9.97 Å². The molecule has 0 unspecified atom stereocenters. The second kappa shape index (κ2) is 6.54. The van der Waals surface area contributed by atoms with Crippen LogP contribution in [0.25, 0.3) is 0 Å². The molecule has 0 bridgehead atoms. The molecule has 3 N–H and O–H groups in total. The van der Waals surface area contributed by atoms with Crippen molar-refractivity contribution in [3.8, 4) is 0 Å². The molecular weight excluding hydrogens is 319 g/mol. The summed E-state index contributed by atoms with van der Waals surface area (Å²) in [4.78, 5) is 10.5. The number of anilines is 4. The molecule has 5 nitrogen and oxygen atoms in total. The van der Waals surface area contributed by atoms with Crippen LogP contribution in [0.1, 0.15) is 24.8 Å². The van der Waals surface area contributed by atoms with Gasteiger partial charge in [0, 0.05) is 18.8 Å². The summed E-state index contributed by atoms with van der Waals surface area (Å²) in [6, 6.07) is 4.74. The molecule has 8 heteroatoms. The summed E-state index contributed by atoms with van der Waals surface area (Å²) in [7, 11) is 0. The second-order valence-electron chi connectivity index (χ2n) is 5.71. The van der Waals surface area contributed by atoms with Crippen LogP contribution in [-0.2, 0) is 6.18 Å². The fraction of sp³-hybridized carbons (Fsp3) is 0.375. The van der Waals surface area contributed by atoms with Gasteiger partial charge in [0.25, 0.3) is 0 Å². The minimum Gasteiger partial charge on any atom is -0.393 e. The lowest BCUT2D eigenvalue weighted by Gasteiger charge is -2.28. The number of nitrogens with two attached hydrogens (primary N) is 1. The summed E-state index contributed by atoms with van der Waals surface area (Å²) in [5.74, 6) is 1.06. The Morgan fingerprint density at radius 1 is 1.00 bits per heavy atom. The lowest BCUT2D eigenvalue weighted by molar-refractivity contribution is -0.137. The Balaban J connectivity index is 1.80. The average Bonchev–Trinajstić information content (AvgIpc) is 2.57. The maximum Gasteiger partial charge on any atom is 0.416 e. The van der Waals surface area contributed by atoms with Gasteiger partial charge in [0.1, 0.15) is 12.0 Å². The van der Waals surface area contributed by atoms with E-state index >= 15 is 0 Å². The zero-order valence-corrected chi connectivity index (χ0v) is 13.0. The third kappa shape index (κ3) is 3.52. The largest absolute Gasteiger partial charge is 0.416 e. The number of hydrogen-bond acceptors (Lipinski definition) is 5. The summed E-state index contributed by atoms with van der Waals surface area (Å²) in [6.07, 6.45) is 0.426. The van der Waals surface area contributed by atoms with E-state index in [-0.39, 0.29) is 0 Å². The molecule has 1 aromatic carbocycles. The van der Waals surface area contributed by atoms with E-state index in [0.717, 1.165) is 38.1 Å². The average molecular weight is 337 g/mol. The summed E-state index contributed by atoms with van der Waals surface area (Å²) < 4.78 is 37.8. The normalized spacial score (nSPS) is 15.4. The molecule has 2 aromatic rings. The van der Waals surface area contributed by atoms with Gasteiger partial charge in [-0.3, -0.25) is 0 Å². The number of nitrogens with one attached hydrogen (secondary N) is 1. The third-order valence-corrected chi connectivity index (χ3v) is 3.99. The minimum absolute atomic E-state index is 0.394. The predicted octanol–water partition coefficient (Wildman–Crippen LogP) is 3.81. The maximum atomic E-state index is 12.6. The molecule has 0 atom stereocenters. The quantitative estimate of drug-likeness (QED) is 0.891. The van der Waals surface area contributed by atoms with Crippen molar-refractivity contribution in [3.05, 3.63) is 36.2 Å². The molecule has 0 aliphatic carbocycles. The summed E-state index contributed by atoms with van der Waals surface area (Å²) in [6.45, 7) is 1.78. The van der Waals surface area contributed by atoms with Crippen molar-refractivity contribution in [1.29, 1.82) is 0 Å². The van der Waals surface area contributed by atoms with Crippen molar-refractivity contribution in [2.75, 3.05) is 29.0 Å². The molecule has 1 fully saturated rings. The van der Waals surface area contributed by atoms with Gasteiger partial charge < -0.3 is 16.0 Å². The van der Waals surface area contributed by atoms with Gasteiger partial charge in [-0.1, -0.05) is 0 Å². The Bertz CT molecular complexity index is 694. The molecule has 0 amide bonds. The van der Waals surface area contributed by atoms with Crippen LogP contribution in [0.3, 0.4) is 0 Å². The van der Waals surface area contributed by atoms with Crippen molar-refractivity contribution in [3.63, 3.8) is 0 Å². The highest BCUT2D eigenvalue weighted by atomic mass is 19.4. The molecule has 1 aliphatic rings. The predicted molar refractivity (Wildman–Crippen MR) is 87.2 cm³/mol. The molecule has 1 aliphatic heterocycles.